The van der Waals surface area contributed by atoms with Crippen LogP contribution in [0.3, 0.4) is 0 Å². The van der Waals surface area contributed by atoms with Gasteiger partial charge < -0.3 is 37.9 Å². The number of fused-ring (bicyclic) bond motifs is 2. The SMILES string of the molecule is COc1cccc(CCc2cc(Oc3cc(CCc4ccc5c(c4)OCO5)cc4c3OCO4)c(OC)cc2OC)c1. The molecule has 2 aliphatic rings. The summed E-state index contributed by atoms with van der Waals surface area (Å²) >= 11 is 0. The minimum Gasteiger partial charge on any atom is -0.497 e. The first kappa shape index (κ1) is 26.5. The number of ether oxygens (including phenoxy) is 8. The van der Waals surface area contributed by atoms with Crippen molar-refractivity contribution in [2.45, 2.75) is 25.7 Å². The van der Waals surface area contributed by atoms with Crippen LogP contribution in [0.2, 0.25) is 0 Å². The molecule has 0 radical (unpaired) electrons. The van der Waals surface area contributed by atoms with Crippen LogP contribution in [0.25, 0.3) is 0 Å². The zero-order valence-corrected chi connectivity index (χ0v) is 23.4. The lowest BCUT2D eigenvalue weighted by atomic mass is 10.0. The monoisotopic (exact) mass is 556 g/mol. The third-order valence-electron chi connectivity index (χ3n) is 7.24. The first-order valence-corrected chi connectivity index (χ1v) is 13.5. The van der Waals surface area contributed by atoms with E-state index >= 15 is 0 Å². The molecule has 0 N–H and O–H groups in total. The van der Waals surface area contributed by atoms with Gasteiger partial charge in [-0.05, 0) is 90.4 Å². The van der Waals surface area contributed by atoms with Crippen molar-refractivity contribution in [3.05, 3.63) is 89.0 Å². The fraction of sp³-hybridized carbons (Fsp3) is 0.273. The number of hydrogen-bond acceptors (Lipinski definition) is 8. The fourth-order valence-electron chi connectivity index (χ4n) is 5.07. The Hall–Kier alpha value is -4.72. The van der Waals surface area contributed by atoms with Crippen molar-refractivity contribution in [2.24, 2.45) is 0 Å². The van der Waals surface area contributed by atoms with Crippen molar-refractivity contribution in [3.8, 4) is 51.7 Å². The van der Waals surface area contributed by atoms with Gasteiger partial charge in [-0.2, -0.15) is 0 Å². The highest BCUT2D eigenvalue weighted by Crippen LogP contribution is 2.46. The maximum absolute atomic E-state index is 6.48. The van der Waals surface area contributed by atoms with E-state index in [1.54, 1.807) is 21.3 Å². The maximum Gasteiger partial charge on any atom is 0.231 e. The molecule has 6 rings (SSSR count). The lowest BCUT2D eigenvalue weighted by molar-refractivity contribution is 0.171. The van der Waals surface area contributed by atoms with Crippen LogP contribution in [0.15, 0.2) is 66.7 Å². The molecule has 0 aromatic heterocycles. The summed E-state index contributed by atoms with van der Waals surface area (Å²) in [5, 5.41) is 0. The highest BCUT2D eigenvalue weighted by Gasteiger charge is 2.23. The Balaban J connectivity index is 1.25. The Bertz CT molecular complexity index is 1550. The number of methoxy groups -OCH3 is 3. The van der Waals surface area contributed by atoms with Gasteiger partial charge in [-0.1, -0.05) is 18.2 Å². The van der Waals surface area contributed by atoms with Gasteiger partial charge in [-0.3, -0.25) is 0 Å². The van der Waals surface area contributed by atoms with E-state index in [0.717, 1.165) is 65.4 Å². The summed E-state index contributed by atoms with van der Waals surface area (Å²) in [7, 11) is 4.95. The predicted molar refractivity (Wildman–Crippen MR) is 153 cm³/mol. The topological polar surface area (TPSA) is 73.8 Å². The Morgan fingerprint density at radius 1 is 0.537 bits per heavy atom. The molecule has 2 heterocycles. The van der Waals surface area contributed by atoms with Gasteiger partial charge in [0, 0.05) is 6.07 Å². The average molecular weight is 557 g/mol. The maximum atomic E-state index is 6.48. The normalized spacial score (nSPS) is 12.8. The van der Waals surface area contributed by atoms with Crippen LogP contribution in [0.5, 0.6) is 51.7 Å². The number of benzene rings is 4. The summed E-state index contributed by atoms with van der Waals surface area (Å²) in [6.07, 6.45) is 3.14. The summed E-state index contributed by atoms with van der Waals surface area (Å²) in [6.45, 7) is 0.405. The molecule has 41 heavy (non-hydrogen) atoms. The van der Waals surface area contributed by atoms with Gasteiger partial charge in [0.25, 0.3) is 0 Å². The summed E-state index contributed by atoms with van der Waals surface area (Å²) in [4.78, 5) is 0. The van der Waals surface area contributed by atoms with Crippen molar-refractivity contribution >= 4 is 0 Å². The van der Waals surface area contributed by atoms with Crippen molar-refractivity contribution < 1.29 is 37.9 Å². The van der Waals surface area contributed by atoms with Crippen LogP contribution in [-0.4, -0.2) is 34.9 Å². The van der Waals surface area contributed by atoms with Crippen LogP contribution < -0.4 is 37.9 Å². The number of rotatable bonds is 11. The van der Waals surface area contributed by atoms with E-state index in [2.05, 4.69) is 12.1 Å². The van der Waals surface area contributed by atoms with Crippen LogP contribution in [0, 0.1) is 0 Å². The largest absolute Gasteiger partial charge is 0.497 e. The second-order valence-electron chi connectivity index (χ2n) is 9.78. The van der Waals surface area contributed by atoms with E-state index in [0.29, 0.717) is 28.7 Å². The minimum atomic E-state index is 0.142. The zero-order valence-electron chi connectivity index (χ0n) is 23.4. The molecule has 0 saturated carbocycles. The molecule has 212 valence electrons. The molecular formula is C33H32O8. The zero-order chi connectivity index (χ0) is 28.2. The first-order valence-electron chi connectivity index (χ1n) is 13.5. The van der Waals surface area contributed by atoms with Crippen LogP contribution in [0.4, 0.5) is 0 Å². The molecule has 0 atom stereocenters. The summed E-state index contributed by atoms with van der Waals surface area (Å²) in [5.41, 5.74) is 4.39. The van der Waals surface area contributed by atoms with Gasteiger partial charge in [0.15, 0.2) is 34.5 Å². The molecule has 8 heteroatoms. The van der Waals surface area contributed by atoms with Crippen molar-refractivity contribution in [2.75, 3.05) is 34.9 Å². The summed E-state index contributed by atoms with van der Waals surface area (Å²) in [5.74, 6) is 6.08. The second-order valence-corrected chi connectivity index (χ2v) is 9.78. The standard InChI is InChI=1S/C33H32O8/c1-34-25-6-4-5-21(13-25)9-11-24-17-30(28(36-3)18-27(24)35-2)41-32-16-23(15-31-33(32)40-20-39-31)8-7-22-10-12-26-29(14-22)38-19-37-26/h4-6,10,12-18H,7-9,11,19-20H2,1-3H3. The average Bonchev–Trinajstić information content (AvgIpc) is 3.68. The molecule has 0 amide bonds. The van der Waals surface area contributed by atoms with Crippen molar-refractivity contribution in [1.29, 1.82) is 0 Å². The van der Waals surface area contributed by atoms with Gasteiger partial charge in [0.05, 0.1) is 21.3 Å². The number of hydrogen-bond donors (Lipinski definition) is 0. The lowest BCUT2D eigenvalue weighted by Gasteiger charge is -2.17. The molecule has 0 saturated heterocycles. The van der Waals surface area contributed by atoms with E-state index < -0.39 is 0 Å². The molecule has 8 nitrogen and oxygen atoms in total. The quantitative estimate of drug-likeness (QED) is 0.206. The molecule has 0 unspecified atom stereocenters. The molecule has 4 aromatic carbocycles. The highest BCUT2D eigenvalue weighted by atomic mass is 16.7. The lowest BCUT2D eigenvalue weighted by Crippen LogP contribution is -2.00. The first-order chi connectivity index (χ1) is 20.1. The fourth-order valence-corrected chi connectivity index (χ4v) is 5.07. The highest BCUT2D eigenvalue weighted by molar-refractivity contribution is 5.59. The minimum absolute atomic E-state index is 0.142. The predicted octanol–water partition coefficient (Wildman–Crippen LogP) is 6.53. The smallest absolute Gasteiger partial charge is 0.231 e. The van der Waals surface area contributed by atoms with Gasteiger partial charge >= 0.3 is 0 Å². The van der Waals surface area contributed by atoms with E-state index in [4.69, 9.17) is 37.9 Å². The molecule has 4 aromatic rings. The summed E-state index contributed by atoms with van der Waals surface area (Å²) in [6, 6.07) is 22.0. The Kier molecular flexibility index (Phi) is 7.63. The van der Waals surface area contributed by atoms with E-state index in [1.807, 2.05) is 54.6 Å². The molecule has 0 aliphatic carbocycles. The van der Waals surface area contributed by atoms with Crippen LogP contribution >= 0.6 is 0 Å². The Morgan fingerprint density at radius 2 is 1.27 bits per heavy atom. The van der Waals surface area contributed by atoms with E-state index in [-0.39, 0.29) is 13.6 Å². The molecular weight excluding hydrogens is 524 g/mol. The Morgan fingerprint density at radius 3 is 2.12 bits per heavy atom. The molecule has 0 spiro atoms. The molecule has 0 bridgehead atoms. The second kappa shape index (κ2) is 11.8. The third kappa shape index (κ3) is 5.77. The molecule has 0 fully saturated rings. The van der Waals surface area contributed by atoms with E-state index in [1.165, 1.54) is 5.56 Å². The summed E-state index contributed by atoms with van der Waals surface area (Å²) < 4.78 is 45.8. The van der Waals surface area contributed by atoms with E-state index in [9.17, 15) is 0 Å². The van der Waals surface area contributed by atoms with Crippen molar-refractivity contribution in [1.82, 2.24) is 0 Å². The van der Waals surface area contributed by atoms with Gasteiger partial charge in [0.1, 0.15) is 11.5 Å². The van der Waals surface area contributed by atoms with Crippen molar-refractivity contribution in [3.63, 3.8) is 0 Å². The molecule has 2 aliphatic heterocycles. The van der Waals surface area contributed by atoms with Gasteiger partial charge in [-0.25, -0.2) is 0 Å². The van der Waals surface area contributed by atoms with Crippen LogP contribution in [0.1, 0.15) is 22.3 Å². The third-order valence-corrected chi connectivity index (χ3v) is 7.24. The van der Waals surface area contributed by atoms with Gasteiger partial charge in [-0.15, -0.1) is 0 Å². The number of aryl methyl sites for hydroxylation is 4. The van der Waals surface area contributed by atoms with Crippen LogP contribution in [-0.2, 0) is 25.7 Å². The van der Waals surface area contributed by atoms with Gasteiger partial charge in [0.2, 0.25) is 19.3 Å². The Labute approximate surface area is 239 Å².